The van der Waals surface area contributed by atoms with Gasteiger partial charge >= 0.3 is 0 Å². The molecule has 0 aromatic carbocycles. The average molecular weight is 163 g/mol. The number of halogens is 1. The fourth-order valence-corrected chi connectivity index (χ4v) is 1.26. The number of nitrogens with one attached hydrogen (secondary N) is 2. The first-order valence-electron chi connectivity index (χ1n) is 3.52. The summed E-state index contributed by atoms with van der Waals surface area (Å²) >= 11 is 0. The van der Waals surface area contributed by atoms with Gasteiger partial charge in [-0.2, -0.15) is 0 Å². The maximum Gasteiger partial charge on any atom is 0.0960 e. The first kappa shape index (κ1) is 9.76. The van der Waals surface area contributed by atoms with E-state index < -0.39 is 0 Å². The molecule has 0 aromatic rings. The summed E-state index contributed by atoms with van der Waals surface area (Å²) in [4.78, 5) is 0. The number of piperidine rings is 1. The summed E-state index contributed by atoms with van der Waals surface area (Å²) in [6, 6.07) is 0. The van der Waals surface area contributed by atoms with Gasteiger partial charge in [0.2, 0.25) is 0 Å². The molecule has 60 valence electrons. The normalized spacial score (nSPS) is 32.4. The molecule has 1 rings (SSSR count). The third-order valence-corrected chi connectivity index (χ3v) is 1.89. The van der Waals surface area contributed by atoms with Crippen molar-refractivity contribution in [2.75, 3.05) is 6.54 Å². The molecule has 3 heteroatoms. The summed E-state index contributed by atoms with van der Waals surface area (Å²) in [5.41, 5.74) is 0. The fraction of sp³-hybridized carbons (Fsp3) is 0.857. The number of rotatable bonds is 0. The van der Waals surface area contributed by atoms with E-state index in [1.807, 2.05) is 0 Å². The van der Waals surface area contributed by atoms with Crippen molar-refractivity contribution < 1.29 is 0 Å². The Morgan fingerprint density at radius 3 is 2.50 bits per heavy atom. The Morgan fingerprint density at radius 2 is 2.10 bits per heavy atom. The number of amidine groups is 1. The Morgan fingerprint density at radius 1 is 1.50 bits per heavy atom. The Bertz CT molecular complexity index is 125. The minimum Gasteiger partial charge on any atom is -0.374 e. The van der Waals surface area contributed by atoms with Gasteiger partial charge in [0, 0.05) is 12.5 Å². The average Bonchev–Trinajstić information content (AvgIpc) is 1.80. The molecular weight excluding hydrogens is 148 g/mol. The molecule has 2 N–H and O–H groups in total. The number of hydrogen-bond donors (Lipinski definition) is 2. The van der Waals surface area contributed by atoms with E-state index in [2.05, 4.69) is 19.2 Å². The molecule has 0 amide bonds. The fourth-order valence-electron chi connectivity index (χ4n) is 1.26. The van der Waals surface area contributed by atoms with E-state index in [0.717, 1.165) is 12.5 Å². The third kappa shape index (κ3) is 2.18. The molecule has 0 bridgehead atoms. The van der Waals surface area contributed by atoms with Crippen molar-refractivity contribution in [2.24, 2.45) is 11.8 Å². The van der Waals surface area contributed by atoms with Crippen molar-refractivity contribution in [1.29, 1.82) is 5.41 Å². The lowest BCUT2D eigenvalue weighted by molar-refractivity contribution is 0.428. The minimum absolute atomic E-state index is 0. The second-order valence-electron chi connectivity index (χ2n) is 3.04. The summed E-state index contributed by atoms with van der Waals surface area (Å²) in [5, 5.41) is 10.4. The van der Waals surface area contributed by atoms with Gasteiger partial charge in [-0.25, -0.2) is 0 Å². The molecule has 0 saturated carbocycles. The van der Waals surface area contributed by atoms with Gasteiger partial charge in [0.1, 0.15) is 0 Å². The third-order valence-electron chi connectivity index (χ3n) is 1.89. The molecule has 0 radical (unpaired) electrons. The van der Waals surface area contributed by atoms with Crippen LogP contribution in [0.5, 0.6) is 0 Å². The topological polar surface area (TPSA) is 35.9 Å². The van der Waals surface area contributed by atoms with E-state index >= 15 is 0 Å². The molecule has 2 nitrogen and oxygen atoms in total. The lowest BCUT2D eigenvalue weighted by atomic mass is 9.92. The summed E-state index contributed by atoms with van der Waals surface area (Å²) < 4.78 is 0. The van der Waals surface area contributed by atoms with E-state index in [1.54, 1.807) is 0 Å². The van der Waals surface area contributed by atoms with Crippen LogP contribution in [0.1, 0.15) is 20.3 Å². The van der Waals surface area contributed by atoms with Crippen LogP contribution in [0.25, 0.3) is 0 Å². The van der Waals surface area contributed by atoms with Crippen molar-refractivity contribution in [2.45, 2.75) is 20.3 Å². The maximum absolute atomic E-state index is 7.37. The molecule has 1 heterocycles. The van der Waals surface area contributed by atoms with Gasteiger partial charge in [0.15, 0.2) is 0 Å². The van der Waals surface area contributed by atoms with Crippen LogP contribution in [0.4, 0.5) is 0 Å². The van der Waals surface area contributed by atoms with Crippen molar-refractivity contribution in [3.8, 4) is 0 Å². The monoisotopic (exact) mass is 162 g/mol. The molecule has 10 heavy (non-hydrogen) atoms. The van der Waals surface area contributed by atoms with Crippen molar-refractivity contribution in [1.82, 2.24) is 5.32 Å². The molecule has 1 fully saturated rings. The van der Waals surface area contributed by atoms with E-state index in [-0.39, 0.29) is 12.4 Å². The molecule has 0 spiro atoms. The highest BCUT2D eigenvalue weighted by Gasteiger charge is 2.18. The highest BCUT2D eigenvalue weighted by Crippen LogP contribution is 2.15. The van der Waals surface area contributed by atoms with Crippen molar-refractivity contribution in [3.63, 3.8) is 0 Å². The predicted octanol–water partition coefficient (Wildman–Crippen LogP) is 1.65. The molecule has 0 aliphatic carbocycles. The van der Waals surface area contributed by atoms with Crippen LogP contribution in [0.2, 0.25) is 0 Å². The standard InChI is InChI=1S/C7H14N2.ClH/c1-5-3-6(2)7(8)9-4-5;/h5-6H,3-4H2,1-2H3,(H2,8,9);1H. The predicted molar refractivity (Wildman–Crippen MR) is 45.9 cm³/mol. The van der Waals surface area contributed by atoms with Gasteiger partial charge in [0.05, 0.1) is 5.84 Å². The lowest BCUT2D eigenvalue weighted by Gasteiger charge is -2.25. The summed E-state index contributed by atoms with van der Waals surface area (Å²) in [6.45, 7) is 5.31. The highest BCUT2D eigenvalue weighted by atomic mass is 35.5. The van der Waals surface area contributed by atoms with Gasteiger partial charge in [-0.05, 0) is 12.3 Å². The maximum atomic E-state index is 7.37. The smallest absolute Gasteiger partial charge is 0.0960 e. The van der Waals surface area contributed by atoms with Crippen LogP contribution >= 0.6 is 12.4 Å². The Labute approximate surface area is 68.3 Å². The van der Waals surface area contributed by atoms with Crippen LogP contribution in [-0.2, 0) is 0 Å². The van der Waals surface area contributed by atoms with Crippen LogP contribution in [0.3, 0.4) is 0 Å². The Hall–Kier alpha value is -0.240. The summed E-state index contributed by atoms with van der Waals surface area (Å²) in [5.74, 6) is 1.91. The molecule has 1 aliphatic rings. The van der Waals surface area contributed by atoms with Crippen LogP contribution in [0, 0.1) is 17.2 Å². The van der Waals surface area contributed by atoms with Gasteiger partial charge in [-0.1, -0.05) is 13.8 Å². The molecular formula is C7H15ClN2. The Balaban J connectivity index is 0.000000810. The molecule has 2 atom stereocenters. The zero-order valence-electron chi connectivity index (χ0n) is 6.48. The molecule has 2 unspecified atom stereocenters. The van der Waals surface area contributed by atoms with Gasteiger partial charge in [-0.15, -0.1) is 12.4 Å². The SMILES string of the molecule is CC1CNC(=N)C(C)C1.Cl. The first-order valence-corrected chi connectivity index (χ1v) is 3.52. The molecule has 1 aliphatic heterocycles. The van der Waals surface area contributed by atoms with Crippen LogP contribution in [-0.4, -0.2) is 12.4 Å². The largest absolute Gasteiger partial charge is 0.374 e. The van der Waals surface area contributed by atoms with Gasteiger partial charge in [-0.3, -0.25) is 5.41 Å². The minimum atomic E-state index is 0. The van der Waals surface area contributed by atoms with Crippen molar-refractivity contribution in [3.05, 3.63) is 0 Å². The second kappa shape index (κ2) is 3.81. The zero-order valence-corrected chi connectivity index (χ0v) is 7.29. The highest BCUT2D eigenvalue weighted by molar-refractivity contribution is 5.85. The number of hydrogen-bond acceptors (Lipinski definition) is 1. The van der Waals surface area contributed by atoms with E-state index in [9.17, 15) is 0 Å². The second-order valence-corrected chi connectivity index (χ2v) is 3.04. The van der Waals surface area contributed by atoms with E-state index in [4.69, 9.17) is 5.41 Å². The zero-order chi connectivity index (χ0) is 6.85. The lowest BCUT2D eigenvalue weighted by Crippen LogP contribution is -2.38. The van der Waals surface area contributed by atoms with Crippen LogP contribution < -0.4 is 5.32 Å². The van der Waals surface area contributed by atoms with Gasteiger partial charge in [0.25, 0.3) is 0 Å². The van der Waals surface area contributed by atoms with Gasteiger partial charge < -0.3 is 5.32 Å². The molecule has 0 aromatic heterocycles. The Kier molecular flexibility index (Phi) is 3.72. The first-order chi connectivity index (χ1) is 4.20. The van der Waals surface area contributed by atoms with Crippen LogP contribution in [0.15, 0.2) is 0 Å². The quantitative estimate of drug-likeness (QED) is 0.559. The summed E-state index contributed by atoms with van der Waals surface area (Å²) in [7, 11) is 0. The van der Waals surface area contributed by atoms with Crippen molar-refractivity contribution >= 4 is 18.2 Å². The molecule has 1 saturated heterocycles. The van der Waals surface area contributed by atoms with E-state index in [1.165, 1.54) is 6.42 Å². The van der Waals surface area contributed by atoms with E-state index in [0.29, 0.717) is 11.8 Å². The summed E-state index contributed by atoms with van der Waals surface area (Å²) in [6.07, 6.45) is 1.17.